The minimum Gasteiger partial charge on any atom is -0.0985 e. The van der Waals surface area contributed by atoms with E-state index in [2.05, 4.69) is 122 Å². The molecule has 148 valence electrons. The Morgan fingerprint density at radius 3 is 2.03 bits per heavy atom. The van der Waals surface area contributed by atoms with Gasteiger partial charge in [-0.3, -0.25) is 0 Å². The third-order valence-electron chi connectivity index (χ3n) is 5.85. The molecular weight excluding hydrogens is 372 g/mol. The molecule has 0 saturated heterocycles. The van der Waals surface area contributed by atoms with E-state index in [1.54, 1.807) is 0 Å². The minimum absolute atomic E-state index is 0.875. The normalized spacial score (nSPS) is 11.7. The molecular formula is C31H24. The summed E-state index contributed by atoms with van der Waals surface area (Å²) in [6, 6.07) is 39.1. The molecule has 5 aromatic carbocycles. The van der Waals surface area contributed by atoms with E-state index < -0.39 is 0 Å². The molecule has 0 bridgehead atoms. The van der Waals surface area contributed by atoms with Crippen molar-refractivity contribution in [2.75, 3.05) is 0 Å². The summed E-state index contributed by atoms with van der Waals surface area (Å²) < 4.78 is 0. The van der Waals surface area contributed by atoms with Crippen LogP contribution >= 0.6 is 0 Å². The molecule has 0 atom stereocenters. The number of hydrogen-bond donors (Lipinski definition) is 0. The Balaban J connectivity index is 1.45. The Morgan fingerprint density at radius 2 is 1.26 bits per heavy atom. The Morgan fingerprint density at radius 1 is 0.581 bits per heavy atom. The minimum atomic E-state index is 0.875. The predicted octanol–water partition coefficient (Wildman–Crippen LogP) is 8.47. The summed E-state index contributed by atoms with van der Waals surface area (Å²) >= 11 is 0. The first kappa shape index (κ1) is 19.1. The van der Waals surface area contributed by atoms with Crippen LogP contribution in [0.1, 0.15) is 11.1 Å². The van der Waals surface area contributed by atoms with Crippen molar-refractivity contribution in [3.05, 3.63) is 139 Å². The Kier molecular flexibility index (Phi) is 5.21. The third-order valence-corrected chi connectivity index (χ3v) is 5.85. The number of fused-ring (bicyclic) bond motifs is 2. The monoisotopic (exact) mass is 396 g/mol. The molecule has 0 aliphatic rings. The van der Waals surface area contributed by atoms with Gasteiger partial charge in [0.25, 0.3) is 0 Å². The average molecular weight is 397 g/mol. The van der Waals surface area contributed by atoms with Crippen LogP contribution in [0.25, 0.3) is 38.2 Å². The average Bonchev–Trinajstić information content (AvgIpc) is 2.84. The summed E-state index contributed by atoms with van der Waals surface area (Å²) in [6.45, 7) is 4.07. The van der Waals surface area contributed by atoms with Crippen LogP contribution in [0.4, 0.5) is 0 Å². The zero-order valence-electron chi connectivity index (χ0n) is 17.5. The van der Waals surface area contributed by atoms with Crippen LogP contribution < -0.4 is 0 Å². The molecule has 0 amide bonds. The fourth-order valence-electron chi connectivity index (χ4n) is 4.17. The summed E-state index contributed by atoms with van der Waals surface area (Å²) in [5.74, 6) is 0. The lowest BCUT2D eigenvalue weighted by molar-refractivity contribution is 1.28. The standard InChI is InChI=1S/C31H24/c1-2-24(26-13-8-14-27(20-26)25-9-4-3-5-10-25)17-15-23-16-18-30-21-28-11-6-7-12-29(28)22-31(30)19-23/h2-14,16-22H,1,15H2/b24-17+. The van der Waals surface area contributed by atoms with E-state index in [4.69, 9.17) is 0 Å². The van der Waals surface area contributed by atoms with Gasteiger partial charge in [-0.1, -0.05) is 110 Å². The molecule has 0 spiro atoms. The Hall–Kier alpha value is -3.90. The third kappa shape index (κ3) is 4.06. The summed E-state index contributed by atoms with van der Waals surface area (Å²) in [4.78, 5) is 0. The van der Waals surface area contributed by atoms with Gasteiger partial charge in [0.15, 0.2) is 0 Å². The van der Waals surface area contributed by atoms with Gasteiger partial charge in [0.05, 0.1) is 0 Å². The van der Waals surface area contributed by atoms with Gasteiger partial charge in [-0.15, -0.1) is 0 Å². The lowest BCUT2D eigenvalue weighted by Gasteiger charge is -2.08. The van der Waals surface area contributed by atoms with Gasteiger partial charge in [0.2, 0.25) is 0 Å². The highest BCUT2D eigenvalue weighted by Crippen LogP contribution is 2.26. The number of allylic oxidation sites excluding steroid dienone is 3. The van der Waals surface area contributed by atoms with Crippen LogP contribution in [-0.4, -0.2) is 0 Å². The SMILES string of the molecule is C=C/C(=C\Cc1ccc2cc3ccccc3cc2c1)c1cccc(-c2ccccc2)c1. The largest absolute Gasteiger partial charge is 0.0985 e. The van der Waals surface area contributed by atoms with Gasteiger partial charge in [-0.2, -0.15) is 0 Å². The van der Waals surface area contributed by atoms with E-state index in [-0.39, 0.29) is 0 Å². The molecule has 0 N–H and O–H groups in total. The molecule has 0 aromatic heterocycles. The second kappa shape index (κ2) is 8.45. The topological polar surface area (TPSA) is 0 Å². The number of benzene rings is 5. The van der Waals surface area contributed by atoms with Crippen LogP contribution in [0.5, 0.6) is 0 Å². The van der Waals surface area contributed by atoms with Crippen molar-refractivity contribution in [1.82, 2.24) is 0 Å². The van der Waals surface area contributed by atoms with Crippen molar-refractivity contribution in [3.63, 3.8) is 0 Å². The van der Waals surface area contributed by atoms with Crippen LogP contribution in [0.2, 0.25) is 0 Å². The quantitative estimate of drug-likeness (QED) is 0.206. The molecule has 31 heavy (non-hydrogen) atoms. The molecule has 0 nitrogen and oxygen atoms in total. The Bertz CT molecular complexity index is 1400. The van der Waals surface area contributed by atoms with E-state index >= 15 is 0 Å². The predicted molar refractivity (Wildman–Crippen MR) is 135 cm³/mol. The zero-order valence-corrected chi connectivity index (χ0v) is 17.5. The molecule has 0 heteroatoms. The molecule has 0 unspecified atom stereocenters. The fourth-order valence-corrected chi connectivity index (χ4v) is 4.17. The molecule has 0 aliphatic carbocycles. The number of hydrogen-bond acceptors (Lipinski definition) is 0. The molecule has 0 fully saturated rings. The van der Waals surface area contributed by atoms with Gasteiger partial charge in [0.1, 0.15) is 0 Å². The highest BCUT2D eigenvalue weighted by Gasteiger charge is 2.03. The maximum atomic E-state index is 4.07. The molecule has 0 radical (unpaired) electrons. The highest BCUT2D eigenvalue weighted by molar-refractivity contribution is 5.98. The maximum Gasteiger partial charge on any atom is -0.00880 e. The van der Waals surface area contributed by atoms with Crippen LogP contribution in [0.3, 0.4) is 0 Å². The number of rotatable bonds is 5. The summed E-state index contributed by atoms with van der Waals surface area (Å²) in [6.07, 6.45) is 5.11. The fraction of sp³-hybridized carbons (Fsp3) is 0.0323. The first-order valence-electron chi connectivity index (χ1n) is 10.7. The smallest absolute Gasteiger partial charge is 0.00880 e. The van der Waals surface area contributed by atoms with Gasteiger partial charge in [-0.25, -0.2) is 0 Å². The van der Waals surface area contributed by atoms with E-state index in [0.29, 0.717) is 0 Å². The van der Waals surface area contributed by atoms with Crippen molar-refractivity contribution < 1.29 is 0 Å². The van der Waals surface area contributed by atoms with Crippen molar-refractivity contribution in [1.29, 1.82) is 0 Å². The maximum absolute atomic E-state index is 4.07. The van der Waals surface area contributed by atoms with Crippen molar-refractivity contribution in [3.8, 4) is 11.1 Å². The van der Waals surface area contributed by atoms with Gasteiger partial charge < -0.3 is 0 Å². The first-order chi connectivity index (χ1) is 15.3. The van der Waals surface area contributed by atoms with Gasteiger partial charge in [-0.05, 0) is 74.0 Å². The molecule has 0 heterocycles. The second-order valence-corrected chi connectivity index (χ2v) is 7.90. The van der Waals surface area contributed by atoms with Crippen molar-refractivity contribution >= 4 is 27.1 Å². The van der Waals surface area contributed by atoms with E-state index in [9.17, 15) is 0 Å². The summed E-state index contributed by atoms with van der Waals surface area (Å²) in [5.41, 5.74) is 6.12. The van der Waals surface area contributed by atoms with Crippen LogP contribution in [0.15, 0.2) is 128 Å². The zero-order chi connectivity index (χ0) is 21.0. The van der Waals surface area contributed by atoms with Gasteiger partial charge >= 0.3 is 0 Å². The Labute approximate surface area is 183 Å². The second-order valence-electron chi connectivity index (χ2n) is 7.90. The summed E-state index contributed by atoms with van der Waals surface area (Å²) in [5, 5.41) is 5.14. The lowest BCUT2D eigenvalue weighted by atomic mass is 9.97. The van der Waals surface area contributed by atoms with E-state index in [1.165, 1.54) is 43.8 Å². The van der Waals surface area contributed by atoms with Crippen LogP contribution in [-0.2, 0) is 6.42 Å². The van der Waals surface area contributed by atoms with E-state index in [1.807, 2.05) is 6.08 Å². The lowest BCUT2D eigenvalue weighted by Crippen LogP contribution is -1.87. The highest BCUT2D eigenvalue weighted by atomic mass is 14.1. The first-order valence-corrected chi connectivity index (χ1v) is 10.7. The molecule has 5 aromatic rings. The van der Waals surface area contributed by atoms with Crippen molar-refractivity contribution in [2.45, 2.75) is 6.42 Å². The molecule has 0 saturated carbocycles. The summed E-state index contributed by atoms with van der Waals surface area (Å²) in [7, 11) is 0. The van der Waals surface area contributed by atoms with E-state index in [0.717, 1.165) is 12.0 Å². The van der Waals surface area contributed by atoms with Crippen molar-refractivity contribution in [2.24, 2.45) is 0 Å². The molecule has 0 aliphatic heterocycles. The van der Waals surface area contributed by atoms with Crippen LogP contribution in [0, 0.1) is 0 Å². The molecule has 5 rings (SSSR count). The van der Waals surface area contributed by atoms with Gasteiger partial charge in [0, 0.05) is 0 Å².